The summed E-state index contributed by atoms with van der Waals surface area (Å²) >= 11 is 5.99. The molecule has 0 aliphatic carbocycles. The summed E-state index contributed by atoms with van der Waals surface area (Å²) in [7, 11) is 1.66. The van der Waals surface area contributed by atoms with Gasteiger partial charge in [0, 0.05) is 17.6 Å². The monoisotopic (exact) mass is 401 g/mol. The first kappa shape index (κ1) is 19.8. The molecule has 6 nitrogen and oxygen atoms in total. The van der Waals surface area contributed by atoms with Gasteiger partial charge in [0.15, 0.2) is 5.96 Å². The van der Waals surface area contributed by atoms with Crippen LogP contribution in [0.4, 0.5) is 4.39 Å². The largest absolute Gasteiger partial charge is 0.350 e. The molecule has 0 saturated heterocycles. The number of halogens is 2. The van der Waals surface area contributed by atoms with Crippen molar-refractivity contribution in [3.8, 4) is 11.4 Å². The molecule has 2 aromatic carbocycles. The van der Waals surface area contributed by atoms with Gasteiger partial charge in [-0.15, -0.1) is 0 Å². The maximum absolute atomic E-state index is 13.8. The minimum absolute atomic E-state index is 0.133. The van der Waals surface area contributed by atoms with Gasteiger partial charge >= 0.3 is 0 Å². The molecule has 1 unspecified atom stereocenters. The molecule has 0 aliphatic heterocycles. The standard InChI is InChI=1S/C20H21ClFN5O/c1-12-7-8-14(10-17(12)22)13(2)25-20(23-3)24-11-18-26-19(27-28-18)15-5-4-6-16(21)9-15/h4-10,13H,11H2,1-3H3,(H2,23,24,25). The van der Waals surface area contributed by atoms with Crippen molar-refractivity contribution in [3.63, 3.8) is 0 Å². The van der Waals surface area contributed by atoms with Crippen LogP contribution in [0.15, 0.2) is 52.0 Å². The molecule has 8 heteroatoms. The van der Waals surface area contributed by atoms with Crippen molar-refractivity contribution in [1.29, 1.82) is 0 Å². The van der Waals surface area contributed by atoms with Gasteiger partial charge in [-0.1, -0.05) is 41.0 Å². The topological polar surface area (TPSA) is 75.3 Å². The second kappa shape index (κ2) is 8.84. The zero-order chi connectivity index (χ0) is 20.1. The summed E-state index contributed by atoms with van der Waals surface area (Å²) in [5, 5.41) is 10.9. The van der Waals surface area contributed by atoms with E-state index in [9.17, 15) is 4.39 Å². The van der Waals surface area contributed by atoms with E-state index in [1.165, 1.54) is 6.07 Å². The summed E-state index contributed by atoms with van der Waals surface area (Å²) in [5.41, 5.74) is 2.22. The van der Waals surface area contributed by atoms with Gasteiger partial charge < -0.3 is 15.2 Å². The smallest absolute Gasteiger partial charge is 0.246 e. The average Bonchev–Trinajstić information content (AvgIpc) is 3.16. The third-order valence-electron chi connectivity index (χ3n) is 4.23. The van der Waals surface area contributed by atoms with Crippen LogP contribution in [0.3, 0.4) is 0 Å². The number of nitrogens with one attached hydrogen (secondary N) is 2. The van der Waals surface area contributed by atoms with E-state index in [4.69, 9.17) is 16.1 Å². The Kier molecular flexibility index (Phi) is 6.26. The van der Waals surface area contributed by atoms with Crippen molar-refractivity contribution >= 4 is 17.6 Å². The number of aromatic nitrogens is 2. The van der Waals surface area contributed by atoms with Crippen molar-refractivity contribution in [2.45, 2.75) is 26.4 Å². The highest BCUT2D eigenvalue weighted by atomic mass is 35.5. The SMILES string of the molecule is CN=C(NCc1nc(-c2cccc(Cl)c2)no1)NC(C)c1ccc(C)c(F)c1. The molecule has 0 amide bonds. The molecule has 0 radical (unpaired) electrons. The highest BCUT2D eigenvalue weighted by Gasteiger charge is 2.12. The number of benzene rings is 2. The van der Waals surface area contributed by atoms with Gasteiger partial charge in [0.25, 0.3) is 0 Å². The first-order valence-corrected chi connectivity index (χ1v) is 9.16. The van der Waals surface area contributed by atoms with Crippen molar-refractivity contribution in [1.82, 2.24) is 20.8 Å². The highest BCUT2D eigenvalue weighted by Crippen LogP contribution is 2.20. The predicted octanol–water partition coefficient (Wildman–Crippen LogP) is 4.26. The average molecular weight is 402 g/mol. The molecule has 1 aromatic heterocycles. The quantitative estimate of drug-likeness (QED) is 0.493. The maximum atomic E-state index is 13.8. The van der Waals surface area contributed by atoms with E-state index in [0.717, 1.165) is 11.1 Å². The molecule has 28 heavy (non-hydrogen) atoms. The fourth-order valence-electron chi connectivity index (χ4n) is 2.59. The number of rotatable bonds is 5. The molecule has 1 heterocycles. The Balaban J connectivity index is 1.60. The minimum Gasteiger partial charge on any atom is -0.350 e. The van der Waals surface area contributed by atoms with E-state index in [1.54, 1.807) is 32.2 Å². The molecule has 3 aromatic rings. The number of guanidine groups is 1. The fraction of sp³-hybridized carbons (Fsp3) is 0.250. The number of hydrogen-bond donors (Lipinski definition) is 2. The van der Waals surface area contributed by atoms with E-state index < -0.39 is 0 Å². The predicted molar refractivity (Wildman–Crippen MR) is 108 cm³/mol. The molecule has 146 valence electrons. The van der Waals surface area contributed by atoms with Gasteiger partial charge in [0.2, 0.25) is 11.7 Å². The van der Waals surface area contributed by atoms with Gasteiger partial charge in [-0.05, 0) is 43.2 Å². The summed E-state index contributed by atoms with van der Waals surface area (Å²) in [6.45, 7) is 3.96. The zero-order valence-corrected chi connectivity index (χ0v) is 16.6. The molecular formula is C20H21ClFN5O. The second-order valence-corrected chi connectivity index (χ2v) is 6.76. The lowest BCUT2D eigenvalue weighted by molar-refractivity contribution is 0.375. The van der Waals surface area contributed by atoms with Crippen molar-refractivity contribution in [3.05, 3.63) is 70.3 Å². The van der Waals surface area contributed by atoms with Gasteiger partial charge in [-0.3, -0.25) is 4.99 Å². The summed E-state index contributed by atoms with van der Waals surface area (Å²) in [5.74, 6) is 1.18. The van der Waals surface area contributed by atoms with Crippen molar-refractivity contribution in [2.24, 2.45) is 4.99 Å². The van der Waals surface area contributed by atoms with Crippen LogP contribution < -0.4 is 10.6 Å². The molecule has 0 aliphatic rings. The van der Waals surface area contributed by atoms with Crippen LogP contribution in [0, 0.1) is 12.7 Å². The van der Waals surface area contributed by atoms with Crippen LogP contribution in [0.5, 0.6) is 0 Å². The van der Waals surface area contributed by atoms with Gasteiger partial charge in [-0.25, -0.2) is 4.39 Å². The fourth-order valence-corrected chi connectivity index (χ4v) is 2.78. The zero-order valence-electron chi connectivity index (χ0n) is 15.8. The van der Waals surface area contributed by atoms with Crippen LogP contribution in [0.25, 0.3) is 11.4 Å². The Morgan fingerprint density at radius 2 is 2.11 bits per heavy atom. The lowest BCUT2D eigenvalue weighted by Crippen LogP contribution is -2.38. The van der Waals surface area contributed by atoms with Crippen molar-refractivity contribution < 1.29 is 8.91 Å². The van der Waals surface area contributed by atoms with E-state index >= 15 is 0 Å². The van der Waals surface area contributed by atoms with E-state index in [2.05, 4.69) is 25.8 Å². The second-order valence-electron chi connectivity index (χ2n) is 6.32. The Morgan fingerprint density at radius 3 is 2.82 bits per heavy atom. The van der Waals surface area contributed by atoms with Crippen LogP contribution in [-0.2, 0) is 6.54 Å². The summed E-state index contributed by atoms with van der Waals surface area (Å²) in [6.07, 6.45) is 0. The van der Waals surface area contributed by atoms with Crippen LogP contribution in [-0.4, -0.2) is 23.1 Å². The Morgan fingerprint density at radius 1 is 1.29 bits per heavy atom. The normalized spacial score (nSPS) is 12.7. The molecule has 0 spiro atoms. The first-order valence-electron chi connectivity index (χ1n) is 8.78. The van der Waals surface area contributed by atoms with Gasteiger partial charge in [0.1, 0.15) is 5.82 Å². The molecule has 3 rings (SSSR count). The molecule has 1 atom stereocenters. The third kappa shape index (κ3) is 4.86. The van der Waals surface area contributed by atoms with E-state index in [1.807, 2.05) is 25.1 Å². The number of aryl methyl sites for hydroxylation is 1. The summed E-state index contributed by atoms with van der Waals surface area (Å²) < 4.78 is 19.1. The Labute approximate surface area is 167 Å². The van der Waals surface area contributed by atoms with Crippen molar-refractivity contribution in [2.75, 3.05) is 7.05 Å². The molecule has 0 saturated carbocycles. The molecule has 0 bridgehead atoms. The van der Waals surface area contributed by atoms with Crippen LogP contribution in [0.2, 0.25) is 5.02 Å². The lowest BCUT2D eigenvalue weighted by Gasteiger charge is -2.18. The third-order valence-corrected chi connectivity index (χ3v) is 4.47. The van der Waals surface area contributed by atoms with Crippen LogP contribution >= 0.6 is 11.6 Å². The first-order chi connectivity index (χ1) is 13.5. The number of aliphatic imine (C=N–C) groups is 1. The highest BCUT2D eigenvalue weighted by molar-refractivity contribution is 6.30. The molecule has 2 N–H and O–H groups in total. The molecular weight excluding hydrogens is 381 g/mol. The lowest BCUT2D eigenvalue weighted by atomic mass is 10.1. The van der Waals surface area contributed by atoms with Crippen LogP contribution in [0.1, 0.15) is 30.0 Å². The molecule has 0 fully saturated rings. The maximum Gasteiger partial charge on any atom is 0.246 e. The summed E-state index contributed by atoms with van der Waals surface area (Å²) in [6, 6.07) is 12.3. The van der Waals surface area contributed by atoms with E-state index in [-0.39, 0.29) is 11.9 Å². The number of hydrogen-bond acceptors (Lipinski definition) is 4. The Hall–Kier alpha value is -2.93. The Bertz CT molecular complexity index is 988. The number of nitrogens with zero attached hydrogens (tertiary/aromatic N) is 3. The minimum atomic E-state index is -0.228. The van der Waals surface area contributed by atoms with E-state index in [0.29, 0.717) is 34.8 Å². The van der Waals surface area contributed by atoms with Gasteiger partial charge in [0.05, 0.1) is 12.6 Å². The van der Waals surface area contributed by atoms with Gasteiger partial charge in [-0.2, -0.15) is 4.98 Å². The summed E-state index contributed by atoms with van der Waals surface area (Å²) in [4.78, 5) is 8.53.